The minimum absolute atomic E-state index is 0.133. The molecule has 14 aromatic rings. The molecule has 500 valence electrons. The molecule has 14 heteroatoms. The third-order valence-electron chi connectivity index (χ3n) is 16.9. The van der Waals surface area contributed by atoms with Gasteiger partial charge in [-0.25, -0.2) is 17.6 Å². The van der Waals surface area contributed by atoms with Gasteiger partial charge in [-0.05, 0) is 174 Å². The fourth-order valence-electron chi connectivity index (χ4n) is 12.0. The van der Waals surface area contributed by atoms with Crippen LogP contribution in [0.2, 0.25) is 0 Å². The Hall–Kier alpha value is -9.92. The summed E-state index contributed by atoms with van der Waals surface area (Å²) in [6.45, 7) is 0. The van der Waals surface area contributed by atoms with Gasteiger partial charge in [-0.15, -0.1) is 70.5 Å². The second-order valence-electron chi connectivity index (χ2n) is 23.1. The topological polar surface area (TPSA) is 58.9 Å². The van der Waals surface area contributed by atoms with Crippen LogP contribution in [0.5, 0.6) is 23.0 Å². The lowest BCUT2D eigenvalue weighted by Gasteiger charge is -2.18. The van der Waals surface area contributed by atoms with E-state index in [9.17, 15) is 10.2 Å². The molecule has 0 saturated heterocycles. The fraction of sp³-hybridized carbons (Fsp3) is 0.0345. The van der Waals surface area contributed by atoms with Crippen LogP contribution in [0.3, 0.4) is 0 Å². The van der Waals surface area contributed by atoms with E-state index >= 15 is 17.6 Å². The highest BCUT2D eigenvalue weighted by atomic mass is 79.9. The first-order chi connectivity index (χ1) is 49.1. The first kappa shape index (κ1) is 72.3. The maximum Gasteiger partial charge on any atom is 0.369 e. The smallest absolute Gasteiger partial charge is 0.369 e. The van der Waals surface area contributed by atoms with E-state index < -0.39 is 23.3 Å². The van der Waals surface area contributed by atoms with Gasteiger partial charge in [-0.3, -0.25) is 0 Å². The molecule has 0 aromatic heterocycles. The predicted molar refractivity (Wildman–Crippen MR) is 423 cm³/mol. The molecule has 0 unspecified atom stereocenters. The molecule has 2 N–H and O–H groups in total. The van der Waals surface area contributed by atoms with Gasteiger partial charge in [-0.1, -0.05) is 218 Å². The average molecular weight is 1570 g/mol. The standard InChI is InChI=1S/C44H32F2O2.C42H28F2O2.CH2Cl2.BBr3/c1-47-43-28-44(48-2)40(38-26-36(20-22-42(38)46)34-18-10-16-32(24-34)30-13-7-4-8-14-30)27-39(43)37-25-35(19-21-41(37)45)33-17-9-15-31(23-33)29-11-5-3-6-12-29;43-39-19-17-33(31-15-7-13-29(21-31)27-9-3-1-4-10-27)23-35(39)37-25-38(42(46)26-41(37)45)36-24-34(18-20-40(36)44)32-16-8-14-30(22-32)28-11-5-2-6-12-28;2-1-3;2-1(3)4/h3-28H,1-2H3;1-26,45-46H;1H2;. The highest BCUT2D eigenvalue weighted by Crippen LogP contribution is 2.47. The molecule has 0 amide bonds. The molecular weight excluding hydrogens is 1510 g/mol. The quantitative estimate of drug-likeness (QED) is 0.0647. The van der Waals surface area contributed by atoms with Crippen molar-refractivity contribution in [1.82, 2.24) is 0 Å². The lowest BCUT2D eigenvalue weighted by molar-refractivity contribution is 0.396. The van der Waals surface area contributed by atoms with Gasteiger partial charge >= 0.3 is 3.18 Å². The predicted octanol–water partition coefficient (Wildman–Crippen LogP) is 26.9. The SMILES string of the molecule is BrB(Br)Br.COc1cc(OC)c(-c2cc(-c3cccc(-c4ccccc4)c3)ccc2F)cc1-c1cc(-c2cccc(-c3ccccc3)c2)ccc1F.ClCCl.Oc1cc(O)c(-c2cc(-c3cccc(-c4ccccc4)c3)ccc2F)cc1-c1cc(-c2cccc(-c3ccccc3)c2)ccc1F. The number of alkyl halides is 2. The molecule has 0 aliphatic carbocycles. The van der Waals surface area contributed by atoms with Crippen LogP contribution in [0, 0.1) is 23.3 Å². The van der Waals surface area contributed by atoms with Crippen LogP contribution in [0.15, 0.2) is 315 Å². The molecule has 0 radical (unpaired) electrons. The zero-order valence-corrected chi connectivity index (χ0v) is 60.7. The molecule has 0 fully saturated rings. The van der Waals surface area contributed by atoms with Crippen molar-refractivity contribution in [2.75, 3.05) is 19.6 Å². The van der Waals surface area contributed by atoms with E-state index in [0.29, 0.717) is 33.8 Å². The Morgan fingerprint density at radius 2 is 0.455 bits per heavy atom. The number of methoxy groups -OCH3 is 2. The number of ether oxygens (including phenoxy) is 2. The zero-order valence-electron chi connectivity index (χ0n) is 54.4. The summed E-state index contributed by atoms with van der Waals surface area (Å²) in [6.07, 6.45) is 0. The van der Waals surface area contributed by atoms with Crippen LogP contribution >= 0.6 is 70.5 Å². The molecule has 0 atom stereocenters. The molecule has 14 rings (SSSR count). The average Bonchev–Trinajstić information content (AvgIpc) is 0.779. The first-order valence-corrected chi connectivity index (χ1v) is 35.6. The van der Waals surface area contributed by atoms with Gasteiger partial charge in [0.15, 0.2) is 0 Å². The van der Waals surface area contributed by atoms with E-state index in [1.807, 2.05) is 182 Å². The molecule has 0 aliphatic heterocycles. The number of hydrogen-bond donors (Lipinski definition) is 2. The second-order valence-corrected chi connectivity index (χ2v) is 30.3. The third-order valence-corrected chi connectivity index (χ3v) is 16.9. The molecule has 14 aromatic carbocycles. The van der Waals surface area contributed by atoms with Crippen LogP contribution < -0.4 is 9.47 Å². The van der Waals surface area contributed by atoms with Gasteiger partial charge in [-0.2, -0.15) is 0 Å². The third kappa shape index (κ3) is 17.8. The lowest BCUT2D eigenvalue weighted by Crippen LogP contribution is -1.97. The Balaban J connectivity index is 0.000000186. The Morgan fingerprint density at radius 1 is 0.257 bits per heavy atom. The van der Waals surface area contributed by atoms with Gasteiger partial charge in [0.2, 0.25) is 0 Å². The van der Waals surface area contributed by atoms with Crippen molar-refractivity contribution in [1.29, 1.82) is 0 Å². The van der Waals surface area contributed by atoms with Gasteiger partial charge in [0.25, 0.3) is 0 Å². The summed E-state index contributed by atoms with van der Waals surface area (Å²) < 4.78 is 74.1. The van der Waals surface area contributed by atoms with Crippen molar-refractivity contribution in [2.24, 2.45) is 0 Å². The van der Waals surface area contributed by atoms with E-state index in [0.717, 1.165) is 95.1 Å². The molecule has 4 nitrogen and oxygen atoms in total. The van der Waals surface area contributed by atoms with Crippen LogP contribution in [-0.4, -0.2) is 33.0 Å². The monoisotopic (exact) mass is 1560 g/mol. The Bertz CT molecular complexity index is 4860. The fourth-order valence-corrected chi connectivity index (χ4v) is 12.0. The van der Waals surface area contributed by atoms with Gasteiger partial charge < -0.3 is 19.7 Å². The largest absolute Gasteiger partial charge is 0.507 e. The second kappa shape index (κ2) is 34.4. The van der Waals surface area contributed by atoms with E-state index in [2.05, 4.69) is 95.8 Å². The number of benzene rings is 14. The van der Waals surface area contributed by atoms with Crippen molar-refractivity contribution in [3.8, 4) is 157 Å². The number of phenols is 2. The van der Waals surface area contributed by atoms with E-state index in [1.165, 1.54) is 44.6 Å². The van der Waals surface area contributed by atoms with Crippen LogP contribution in [0.1, 0.15) is 0 Å². The number of halogens is 9. The summed E-state index contributed by atoms with van der Waals surface area (Å²) in [5.74, 6) is -1.75. The Labute approximate surface area is 620 Å². The number of phenolic OH excluding ortho intramolecular Hbond substituents is 2. The Kier molecular flexibility index (Phi) is 24.7. The summed E-state index contributed by atoms with van der Waals surface area (Å²) in [7, 11) is 3.06. The maximum absolute atomic E-state index is 15.7. The summed E-state index contributed by atoms with van der Waals surface area (Å²) >= 11 is 18.8. The first-order valence-electron chi connectivity index (χ1n) is 31.8. The summed E-state index contributed by atoms with van der Waals surface area (Å²) in [5, 5.41) is 22.0. The van der Waals surface area contributed by atoms with Crippen LogP contribution in [0.25, 0.3) is 134 Å². The van der Waals surface area contributed by atoms with Crippen LogP contribution in [0.4, 0.5) is 17.6 Å². The van der Waals surface area contributed by atoms with Gasteiger partial charge in [0, 0.05) is 56.6 Å². The highest BCUT2D eigenvalue weighted by Gasteiger charge is 2.23. The Morgan fingerprint density at radius 3 is 0.693 bits per heavy atom. The molecule has 0 spiro atoms. The number of rotatable bonds is 14. The minimum Gasteiger partial charge on any atom is -0.507 e. The maximum atomic E-state index is 15.7. The van der Waals surface area contributed by atoms with E-state index in [4.69, 9.17) is 32.7 Å². The van der Waals surface area contributed by atoms with Crippen molar-refractivity contribution in [2.45, 2.75) is 0 Å². The van der Waals surface area contributed by atoms with E-state index in [-0.39, 0.29) is 42.3 Å². The molecule has 101 heavy (non-hydrogen) atoms. The zero-order chi connectivity index (χ0) is 70.9. The van der Waals surface area contributed by atoms with Gasteiger partial charge in [0.05, 0.1) is 19.6 Å². The van der Waals surface area contributed by atoms with Crippen molar-refractivity contribution in [3.05, 3.63) is 339 Å². The van der Waals surface area contributed by atoms with E-state index in [1.54, 1.807) is 48.5 Å². The van der Waals surface area contributed by atoms with Crippen molar-refractivity contribution >= 4 is 73.7 Å². The summed E-state index contributed by atoms with van der Waals surface area (Å²) in [5.41, 5.74) is 17.5. The van der Waals surface area contributed by atoms with Crippen molar-refractivity contribution in [3.63, 3.8) is 0 Å². The number of aromatic hydroxyl groups is 2. The molecule has 0 heterocycles. The summed E-state index contributed by atoms with van der Waals surface area (Å²) in [6, 6.07) is 97.9. The minimum atomic E-state index is -0.554. The highest BCUT2D eigenvalue weighted by molar-refractivity contribution is 9.69. The normalized spacial score (nSPS) is 10.6. The number of hydrogen-bond acceptors (Lipinski definition) is 4. The molecule has 0 saturated carbocycles. The molecule has 0 bridgehead atoms. The van der Waals surface area contributed by atoms with Crippen LogP contribution in [-0.2, 0) is 0 Å². The van der Waals surface area contributed by atoms with Crippen molar-refractivity contribution < 1.29 is 37.2 Å². The molecular formula is C87H62BBr3Cl2F4O4. The molecule has 0 aliphatic rings. The van der Waals surface area contributed by atoms with Gasteiger partial charge in [0.1, 0.15) is 46.3 Å². The summed E-state index contributed by atoms with van der Waals surface area (Å²) in [4.78, 5) is 0. The lowest BCUT2D eigenvalue weighted by atomic mass is 9.92.